The average molecular weight is 327 g/mol. The van der Waals surface area contributed by atoms with Gasteiger partial charge < -0.3 is 15.3 Å². The molecule has 0 saturated carbocycles. The van der Waals surface area contributed by atoms with Crippen molar-refractivity contribution in [1.82, 2.24) is 5.32 Å². The fourth-order valence-corrected chi connectivity index (χ4v) is 2.71. The van der Waals surface area contributed by atoms with E-state index in [9.17, 15) is 4.79 Å². The third kappa shape index (κ3) is 3.70. The zero-order valence-corrected chi connectivity index (χ0v) is 12.6. The summed E-state index contributed by atoms with van der Waals surface area (Å²) in [6, 6.07) is 6.21. The van der Waals surface area contributed by atoms with E-state index in [0.717, 1.165) is 36.2 Å². The van der Waals surface area contributed by atoms with E-state index in [1.165, 1.54) is 5.56 Å². The van der Waals surface area contributed by atoms with Gasteiger partial charge in [-0.15, -0.1) is 0 Å². The SMILES string of the molecule is Cc1cc(N2CCCNCC2CC(=O)O)ccc1Br. The largest absolute Gasteiger partial charge is 0.481 e. The van der Waals surface area contributed by atoms with E-state index >= 15 is 0 Å². The Balaban J connectivity index is 2.25. The first-order valence-corrected chi connectivity index (χ1v) is 7.32. The average Bonchev–Trinajstić information content (AvgIpc) is 2.57. The smallest absolute Gasteiger partial charge is 0.305 e. The quantitative estimate of drug-likeness (QED) is 0.895. The van der Waals surface area contributed by atoms with Gasteiger partial charge in [-0.3, -0.25) is 4.79 Å². The summed E-state index contributed by atoms with van der Waals surface area (Å²) in [5.74, 6) is -0.743. The molecule has 1 aliphatic rings. The highest BCUT2D eigenvalue weighted by Crippen LogP contribution is 2.25. The van der Waals surface area contributed by atoms with E-state index in [1.54, 1.807) is 0 Å². The maximum absolute atomic E-state index is 11.0. The van der Waals surface area contributed by atoms with Crippen LogP contribution in [-0.4, -0.2) is 36.8 Å². The molecule has 0 spiro atoms. The second-order valence-electron chi connectivity index (χ2n) is 4.94. The first kappa shape index (κ1) is 14.3. The summed E-state index contributed by atoms with van der Waals surface area (Å²) in [6.07, 6.45) is 1.20. The van der Waals surface area contributed by atoms with Crippen LogP contribution in [0.4, 0.5) is 5.69 Å². The van der Waals surface area contributed by atoms with E-state index in [2.05, 4.69) is 45.2 Å². The fraction of sp³-hybridized carbons (Fsp3) is 0.500. The molecule has 0 amide bonds. The summed E-state index contributed by atoms with van der Waals surface area (Å²) in [5.41, 5.74) is 2.28. The van der Waals surface area contributed by atoms with Crippen LogP contribution in [0.15, 0.2) is 22.7 Å². The Bertz CT molecular complexity index is 465. The number of hydrogen-bond acceptors (Lipinski definition) is 3. The molecular weight excluding hydrogens is 308 g/mol. The molecule has 0 radical (unpaired) electrons. The number of halogens is 1. The lowest BCUT2D eigenvalue weighted by atomic mass is 10.1. The zero-order valence-electron chi connectivity index (χ0n) is 11.0. The Kier molecular flexibility index (Phi) is 4.82. The van der Waals surface area contributed by atoms with E-state index in [0.29, 0.717) is 0 Å². The molecule has 5 heteroatoms. The molecule has 1 aromatic rings. The molecule has 1 atom stereocenters. The van der Waals surface area contributed by atoms with Gasteiger partial charge in [0.15, 0.2) is 0 Å². The summed E-state index contributed by atoms with van der Waals surface area (Å²) in [5, 5.41) is 12.4. The van der Waals surface area contributed by atoms with Crippen molar-refractivity contribution in [3.63, 3.8) is 0 Å². The minimum absolute atomic E-state index is 0.0144. The van der Waals surface area contributed by atoms with Gasteiger partial charge in [0, 0.05) is 23.2 Å². The van der Waals surface area contributed by atoms with E-state index in [1.807, 2.05) is 6.07 Å². The minimum Gasteiger partial charge on any atom is -0.481 e. The number of carbonyl (C=O) groups is 1. The van der Waals surface area contributed by atoms with E-state index in [-0.39, 0.29) is 12.5 Å². The normalized spacial score (nSPS) is 20.1. The second kappa shape index (κ2) is 6.39. The number of nitrogens with one attached hydrogen (secondary N) is 1. The summed E-state index contributed by atoms with van der Waals surface area (Å²) >= 11 is 3.50. The zero-order chi connectivity index (χ0) is 13.8. The lowest BCUT2D eigenvalue weighted by Crippen LogP contribution is -2.41. The van der Waals surface area contributed by atoms with Gasteiger partial charge in [0.2, 0.25) is 0 Å². The van der Waals surface area contributed by atoms with Crippen LogP contribution in [0.3, 0.4) is 0 Å². The molecule has 1 heterocycles. The Hall–Kier alpha value is -1.07. The van der Waals surface area contributed by atoms with Crippen LogP contribution < -0.4 is 10.2 Å². The van der Waals surface area contributed by atoms with Crippen LogP contribution >= 0.6 is 15.9 Å². The minimum atomic E-state index is -0.743. The number of aryl methyl sites for hydroxylation is 1. The van der Waals surface area contributed by atoms with Crippen molar-refractivity contribution in [2.45, 2.75) is 25.8 Å². The number of carboxylic acid groups (broad SMARTS) is 1. The molecular formula is C14H19BrN2O2. The van der Waals surface area contributed by atoms with Gasteiger partial charge in [0.25, 0.3) is 0 Å². The molecule has 1 aromatic carbocycles. The van der Waals surface area contributed by atoms with Crippen molar-refractivity contribution in [3.8, 4) is 0 Å². The van der Waals surface area contributed by atoms with Crippen LogP contribution in [0.5, 0.6) is 0 Å². The molecule has 1 aliphatic heterocycles. The standard InChI is InChI=1S/C14H19BrN2O2/c1-10-7-11(3-4-13(10)15)17-6-2-5-16-9-12(17)8-14(18)19/h3-4,7,12,16H,2,5-6,8-9H2,1H3,(H,18,19). The lowest BCUT2D eigenvalue weighted by molar-refractivity contribution is -0.137. The Morgan fingerprint density at radius 3 is 3.05 bits per heavy atom. The van der Waals surface area contributed by atoms with Crippen LogP contribution in [0.1, 0.15) is 18.4 Å². The molecule has 0 bridgehead atoms. The van der Waals surface area contributed by atoms with E-state index < -0.39 is 5.97 Å². The van der Waals surface area contributed by atoms with Crippen LogP contribution in [0.2, 0.25) is 0 Å². The number of aliphatic carboxylic acids is 1. The van der Waals surface area contributed by atoms with Crippen molar-refractivity contribution < 1.29 is 9.90 Å². The Morgan fingerprint density at radius 1 is 1.58 bits per heavy atom. The predicted octanol–water partition coefficient (Wildman–Crippen LogP) is 2.40. The van der Waals surface area contributed by atoms with Crippen LogP contribution in [0, 0.1) is 6.92 Å². The first-order chi connectivity index (χ1) is 9.08. The number of carboxylic acids is 1. The molecule has 19 heavy (non-hydrogen) atoms. The highest BCUT2D eigenvalue weighted by Gasteiger charge is 2.23. The van der Waals surface area contributed by atoms with Crippen molar-refractivity contribution in [2.24, 2.45) is 0 Å². The van der Waals surface area contributed by atoms with Gasteiger partial charge in [-0.05, 0) is 43.7 Å². The van der Waals surface area contributed by atoms with Crippen molar-refractivity contribution in [2.75, 3.05) is 24.5 Å². The van der Waals surface area contributed by atoms with Crippen LogP contribution in [-0.2, 0) is 4.79 Å². The van der Waals surface area contributed by atoms with E-state index in [4.69, 9.17) is 5.11 Å². The predicted molar refractivity (Wildman–Crippen MR) is 79.8 cm³/mol. The van der Waals surface area contributed by atoms with Gasteiger partial charge in [-0.25, -0.2) is 0 Å². The van der Waals surface area contributed by atoms with Crippen LogP contribution in [0.25, 0.3) is 0 Å². The van der Waals surface area contributed by atoms with Gasteiger partial charge in [0.05, 0.1) is 12.5 Å². The summed E-state index contributed by atoms with van der Waals surface area (Å²) in [6.45, 7) is 4.62. The monoisotopic (exact) mass is 326 g/mol. The maximum Gasteiger partial charge on any atom is 0.305 e. The van der Waals surface area contributed by atoms with Crippen molar-refractivity contribution >= 4 is 27.6 Å². The number of nitrogens with zero attached hydrogens (tertiary/aromatic N) is 1. The van der Waals surface area contributed by atoms with Gasteiger partial charge in [-0.2, -0.15) is 0 Å². The van der Waals surface area contributed by atoms with Gasteiger partial charge in [-0.1, -0.05) is 15.9 Å². The molecule has 2 N–H and O–H groups in total. The highest BCUT2D eigenvalue weighted by molar-refractivity contribution is 9.10. The molecule has 1 unspecified atom stereocenters. The molecule has 0 aromatic heterocycles. The van der Waals surface area contributed by atoms with Gasteiger partial charge in [0.1, 0.15) is 0 Å². The molecule has 1 saturated heterocycles. The highest BCUT2D eigenvalue weighted by atomic mass is 79.9. The number of benzene rings is 1. The van der Waals surface area contributed by atoms with Gasteiger partial charge >= 0.3 is 5.97 Å². The summed E-state index contributed by atoms with van der Waals surface area (Å²) < 4.78 is 1.08. The molecule has 2 rings (SSSR count). The Morgan fingerprint density at radius 2 is 2.37 bits per heavy atom. The summed E-state index contributed by atoms with van der Waals surface area (Å²) in [4.78, 5) is 13.2. The third-order valence-electron chi connectivity index (χ3n) is 3.46. The second-order valence-corrected chi connectivity index (χ2v) is 5.79. The first-order valence-electron chi connectivity index (χ1n) is 6.53. The fourth-order valence-electron chi connectivity index (χ4n) is 2.47. The maximum atomic E-state index is 11.0. The topological polar surface area (TPSA) is 52.6 Å². The number of anilines is 1. The molecule has 104 valence electrons. The van der Waals surface area contributed by atoms with Crippen molar-refractivity contribution in [1.29, 1.82) is 0 Å². The number of rotatable bonds is 3. The van der Waals surface area contributed by atoms with Crippen molar-refractivity contribution in [3.05, 3.63) is 28.2 Å². The molecule has 0 aliphatic carbocycles. The lowest BCUT2D eigenvalue weighted by Gasteiger charge is -2.31. The Labute approximate surface area is 121 Å². The third-order valence-corrected chi connectivity index (χ3v) is 4.35. The number of hydrogen-bond donors (Lipinski definition) is 2. The molecule has 1 fully saturated rings. The molecule has 4 nitrogen and oxygen atoms in total. The summed E-state index contributed by atoms with van der Waals surface area (Å²) in [7, 11) is 0.